The maximum Gasteiger partial charge on any atom is 0.339 e. The van der Waals surface area contributed by atoms with E-state index in [0.29, 0.717) is 5.69 Å². The number of amides is 1. The third kappa shape index (κ3) is 3.50. The average Bonchev–Trinajstić information content (AvgIpc) is 2.92. The molecule has 0 saturated carbocycles. The molecule has 7 nitrogen and oxygen atoms in total. The molecule has 1 aromatic carbocycles. The minimum absolute atomic E-state index is 0.0188. The van der Waals surface area contributed by atoms with Gasteiger partial charge in [0.25, 0.3) is 5.91 Å². The van der Waals surface area contributed by atoms with Crippen molar-refractivity contribution in [3.8, 4) is 0 Å². The Labute approximate surface area is 134 Å². The molecule has 122 valence electrons. The highest BCUT2D eigenvalue weighted by atomic mass is 16.4. The zero-order chi connectivity index (χ0) is 17.0. The molecule has 1 amide bonds. The van der Waals surface area contributed by atoms with E-state index in [0.717, 1.165) is 18.8 Å². The number of hydrogen-bond donors (Lipinski definition) is 2. The minimum atomic E-state index is -1.18. The van der Waals surface area contributed by atoms with Crippen LogP contribution in [0, 0.1) is 0 Å². The fraction of sp³-hybridized carbons (Fsp3) is 0.312. The van der Waals surface area contributed by atoms with Crippen molar-refractivity contribution < 1.29 is 14.7 Å². The molecule has 2 aromatic rings. The Morgan fingerprint density at radius 2 is 1.83 bits per heavy atom. The number of aromatic carboxylic acids is 1. The van der Waals surface area contributed by atoms with Crippen LogP contribution >= 0.6 is 0 Å². The number of carbonyl (C=O) groups is 2. The number of aromatic nitrogens is 2. The lowest BCUT2D eigenvalue weighted by Gasteiger charge is -2.21. The number of rotatable bonds is 6. The SMILES string of the molecule is CCN(CC)c1ccc(NC(=O)c2c(C(=O)O)cnn2C)cc1. The van der Waals surface area contributed by atoms with E-state index < -0.39 is 11.9 Å². The first-order valence-corrected chi connectivity index (χ1v) is 7.39. The van der Waals surface area contributed by atoms with Gasteiger partial charge in [0.05, 0.1) is 6.20 Å². The van der Waals surface area contributed by atoms with Crippen LogP contribution in [-0.2, 0) is 7.05 Å². The number of aryl methyl sites for hydroxylation is 1. The Bertz CT molecular complexity index is 703. The summed E-state index contributed by atoms with van der Waals surface area (Å²) in [5.41, 5.74) is 1.57. The van der Waals surface area contributed by atoms with Gasteiger partial charge in [-0.1, -0.05) is 0 Å². The Balaban J connectivity index is 2.18. The molecule has 7 heteroatoms. The Morgan fingerprint density at radius 3 is 2.35 bits per heavy atom. The molecule has 0 unspecified atom stereocenters. The molecule has 0 fully saturated rings. The van der Waals surface area contributed by atoms with Crippen molar-refractivity contribution in [1.29, 1.82) is 0 Å². The summed E-state index contributed by atoms with van der Waals surface area (Å²) < 4.78 is 1.25. The van der Waals surface area contributed by atoms with E-state index in [-0.39, 0.29) is 11.3 Å². The van der Waals surface area contributed by atoms with Crippen molar-refractivity contribution in [2.75, 3.05) is 23.3 Å². The van der Waals surface area contributed by atoms with E-state index in [1.54, 1.807) is 12.1 Å². The first-order valence-electron chi connectivity index (χ1n) is 7.39. The first-order chi connectivity index (χ1) is 11.0. The highest BCUT2D eigenvalue weighted by molar-refractivity contribution is 6.09. The Hall–Kier alpha value is -2.83. The Kier molecular flexibility index (Phi) is 5.00. The average molecular weight is 316 g/mol. The van der Waals surface area contributed by atoms with Crippen molar-refractivity contribution in [3.05, 3.63) is 41.7 Å². The van der Waals surface area contributed by atoms with Gasteiger partial charge in [0.1, 0.15) is 11.3 Å². The summed E-state index contributed by atoms with van der Waals surface area (Å²) in [7, 11) is 1.53. The molecule has 1 aromatic heterocycles. The molecule has 0 radical (unpaired) electrons. The van der Waals surface area contributed by atoms with E-state index in [2.05, 4.69) is 29.2 Å². The maximum absolute atomic E-state index is 12.3. The molecule has 0 atom stereocenters. The molecular formula is C16H20N4O3. The van der Waals surface area contributed by atoms with Crippen LogP contribution in [0.3, 0.4) is 0 Å². The van der Waals surface area contributed by atoms with Crippen molar-refractivity contribution in [2.45, 2.75) is 13.8 Å². The lowest BCUT2D eigenvalue weighted by atomic mass is 10.2. The predicted octanol–water partition coefficient (Wildman–Crippen LogP) is 2.22. The second-order valence-electron chi connectivity index (χ2n) is 5.01. The minimum Gasteiger partial charge on any atom is -0.478 e. The van der Waals surface area contributed by atoms with Crippen molar-refractivity contribution in [1.82, 2.24) is 9.78 Å². The zero-order valence-electron chi connectivity index (χ0n) is 13.4. The normalized spacial score (nSPS) is 10.4. The number of benzene rings is 1. The van der Waals surface area contributed by atoms with Crippen LogP contribution in [-0.4, -0.2) is 39.9 Å². The standard InChI is InChI=1S/C16H20N4O3/c1-4-20(5-2)12-8-6-11(7-9-12)18-15(21)14-13(16(22)23)10-17-19(14)3/h6-10H,4-5H2,1-3H3,(H,18,21)(H,22,23). The number of carboxylic acid groups (broad SMARTS) is 1. The van der Waals surface area contributed by atoms with E-state index in [1.807, 2.05) is 12.1 Å². The third-order valence-electron chi connectivity index (χ3n) is 3.64. The van der Waals surface area contributed by atoms with Crippen LogP contribution in [0.25, 0.3) is 0 Å². The maximum atomic E-state index is 12.3. The first kappa shape index (κ1) is 16.5. The number of nitrogens with one attached hydrogen (secondary N) is 1. The number of nitrogens with zero attached hydrogens (tertiary/aromatic N) is 3. The van der Waals surface area contributed by atoms with Crippen LogP contribution < -0.4 is 10.2 Å². The number of carbonyl (C=O) groups excluding carboxylic acids is 1. The van der Waals surface area contributed by atoms with Crippen LogP contribution in [0.1, 0.15) is 34.7 Å². The zero-order valence-corrected chi connectivity index (χ0v) is 13.4. The van der Waals surface area contributed by atoms with Crippen molar-refractivity contribution in [2.24, 2.45) is 7.05 Å². The molecule has 0 aliphatic heterocycles. The second-order valence-corrected chi connectivity index (χ2v) is 5.01. The van der Waals surface area contributed by atoms with Gasteiger partial charge < -0.3 is 15.3 Å². The summed E-state index contributed by atoms with van der Waals surface area (Å²) in [6.07, 6.45) is 1.17. The molecule has 0 aliphatic rings. The second kappa shape index (κ2) is 6.95. The molecule has 0 bridgehead atoms. The molecule has 1 heterocycles. The number of hydrogen-bond acceptors (Lipinski definition) is 4. The molecule has 0 aliphatic carbocycles. The molecule has 0 spiro atoms. The summed E-state index contributed by atoms with van der Waals surface area (Å²) in [6, 6.07) is 7.43. The Morgan fingerprint density at radius 1 is 1.22 bits per heavy atom. The topological polar surface area (TPSA) is 87.5 Å². The molecule has 23 heavy (non-hydrogen) atoms. The van der Waals surface area contributed by atoms with Gasteiger partial charge in [-0.05, 0) is 38.1 Å². The molecule has 0 saturated heterocycles. The largest absolute Gasteiger partial charge is 0.478 e. The fourth-order valence-corrected chi connectivity index (χ4v) is 2.40. The summed E-state index contributed by atoms with van der Waals surface area (Å²) >= 11 is 0. The smallest absolute Gasteiger partial charge is 0.339 e. The number of carboxylic acids is 1. The van der Waals surface area contributed by atoms with Crippen LogP contribution in [0.2, 0.25) is 0 Å². The van der Waals surface area contributed by atoms with Gasteiger partial charge in [0.2, 0.25) is 0 Å². The van der Waals surface area contributed by atoms with E-state index in [1.165, 1.54) is 17.9 Å². The molecule has 2 N–H and O–H groups in total. The van der Waals surface area contributed by atoms with E-state index in [4.69, 9.17) is 5.11 Å². The summed E-state index contributed by atoms with van der Waals surface area (Å²) in [5, 5.41) is 15.6. The highest BCUT2D eigenvalue weighted by Gasteiger charge is 2.21. The molecular weight excluding hydrogens is 296 g/mol. The summed E-state index contributed by atoms with van der Waals surface area (Å²) in [5.74, 6) is -1.68. The third-order valence-corrected chi connectivity index (χ3v) is 3.64. The number of anilines is 2. The van der Waals surface area contributed by atoms with Gasteiger partial charge in [-0.3, -0.25) is 9.48 Å². The molecule has 2 rings (SSSR count). The van der Waals surface area contributed by atoms with Crippen molar-refractivity contribution in [3.63, 3.8) is 0 Å². The van der Waals surface area contributed by atoms with Crippen LogP contribution in [0.4, 0.5) is 11.4 Å². The van der Waals surface area contributed by atoms with E-state index >= 15 is 0 Å². The van der Waals surface area contributed by atoms with Gasteiger partial charge in [-0.25, -0.2) is 4.79 Å². The van der Waals surface area contributed by atoms with Gasteiger partial charge in [0.15, 0.2) is 0 Å². The summed E-state index contributed by atoms with van der Waals surface area (Å²) in [6.45, 7) is 5.96. The van der Waals surface area contributed by atoms with E-state index in [9.17, 15) is 9.59 Å². The predicted molar refractivity (Wildman–Crippen MR) is 88.1 cm³/mol. The lowest BCUT2D eigenvalue weighted by molar-refractivity contribution is 0.0692. The van der Waals surface area contributed by atoms with Gasteiger partial charge >= 0.3 is 5.97 Å². The monoisotopic (exact) mass is 316 g/mol. The highest BCUT2D eigenvalue weighted by Crippen LogP contribution is 2.19. The van der Waals surface area contributed by atoms with Crippen molar-refractivity contribution >= 4 is 23.3 Å². The quantitative estimate of drug-likeness (QED) is 0.853. The summed E-state index contributed by atoms with van der Waals surface area (Å²) in [4.78, 5) is 25.6. The van der Waals surface area contributed by atoms with Crippen LogP contribution in [0.15, 0.2) is 30.5 Å². The van der Waals surface area contributed by atoms with Crippen LogP contribution in [0.5, 0.6) is 0 Å². The van der Waals surface area contributed by atoms with Gasteiger partial charge in [-0.2, -0.15) is 5.10 Å². The fourth-order valence-electron chi connectivity index (χ4n) is 2.40. The lowest BCUT2D eigenvalue weighted by Crippen LogP contribution is -2.22. The van der Waals surface area contributed by atoms with Gasteiger partial charge in [0, 0.05) is 31.5 Å². The van der Waals surface area contributed by atoms with Gasteiger partial charge in [-0.15, -0.1) is 0 Å².